The maximum atomic E-state index is 12.1. The Morgan fingerprint density at radius 3 is 2.41 bits per heavy atom. The quantitative estimate of drug-likeness (QED) is 0.860. The third-order valence-electron chi connectivity index (χ3n) is 3.04. The van der Waals surface area contributed by atoms with Gasteiger partial charge in [0.15, 0.2) is 0 Å². The molecule has 1 aliphatic carbocycles. The van der Waals surface area contributed by atoms with Crippen LogP contribution in [0.25, 0.3) is 0 Å². The van der Waals surface area contributed by atoms with E-state index < -0.39 is 10.0 Å². The predicted octanol–water partition coefficient (Wildman–Crippen LogP) is 2.51. The number of halogens is 1. The van der Waals surface area contributed by atoms with Gasteiger partial charge in [0.05, 0.1) is 4.90 Å². The van der Waals surface area contributed by atoms with Gasteiger partial charge in [-0.15, -0.1) is 11.6 Å². The highest BCUT2D eigenvalue weighted by Gasteiger charge is 2.27. The van der Waals surface area contributed by atoms with Crippen LogP contribution in [-0.2, 0) is 10.0 Å². The summed E-state index contributed by atoms with van der Waals surface area (Å²) < 4.78 is 26.9. The summed E-state index contributed by atoms with van der Waals surface area (Å²) in [5, 5.41) is -0.0952. The number of benzene rings is 1. The highest BCUT2D eigenvalue weighted by molar-refractivity contribution is 7.89. The third kappa shape index (κ3) is 3.21. The molecule has 0 spiro atoms. The minimum atomic E-state index is -3.43. The summed E-state index contributed by atoms with van der Waals surface area (Å²) >= 11 is 6.15. The molecule has 0 saturated heterocycles. The summed E-state index contributed by atoms with van der Waals surface area (Å²) in [6.07, 6.45) is 3.81. The molecule has 94 valence electrons. The van der Waals surface area contributed by atoms with Gasteiger partial charge in [-0.1, -0.05) is 31.0 Å². The fourth-order valence-corrected chi connectivity index (χ4v) is 3.84. The molecule has 0 bridgehead atoms. The van der Waals surface area contributed by atoms with Crippen LogP contribution in [0.5, 0.6) is 0 Å². The maximum Gasteiger partial charge on any atom is 0.240 e. The molecule has 17 heavy (non-hydrogen) atoms. The molecule has 2 rings (SSSR count). The molecular formula is C12H16ClNO2S. The zero-order valence-corrected chi connectivity index (χ0v) is 11.0. The lowest BCUT2D eigenvalue weighted by molar-refractivity contribution is 0.418. The van der Waals surface area contributed by atoms with E-state index in [1.807, 2.05) is 0 Å². The zero-order chi connectivity index (χ0) is 12.3. The van der Waals surface area contributed by atoms with Gasteiger partial charge in [-0.05, 0) is 25.0 Å². The summed E-state index contributed by atoms with van der Waals surface area (Å²) in [5.41, 5.74) is 0. The van der Waals surface area contributed by atoms with Crippen molar-refractivity contribution in [2.45, 2.75) is 42.0 Å². The predicted molar refractivity (Wildman–Crippen MR) is 68.7 cm³/mol. The third-order valence-corrected chi connectivity index (χ3v) is 5.07. The number of nitrogens with one attached hydrogen (secondary N) is 1. The van der Waals surface area contributed by atoms with Crippen molar-refractivity contribution in [2.75, 3.05) is 0 Å². The van der Waals surface area contributed by atoms with Gasteiger partial charge in [0, 0.05) is 11.4 Å². The van der Waals surface area contributed by atoms with Gasteiger partial charge in [-0.25, -0.2) is 13.1 Å². The van der Waals surface area contributed by atoms with Crippen LogP contribution in [0.3, 0.4) is 0 Å². The Morgan fingerprint density at radius 1 is 1.12 bits per heavy atom. The highest BCUT2D eigenvalue weighted by atomic mass is 35.5. The van der Waals surface area contributed by atoms with Gasteiger partial charge in [0.25, 0.3) is 0 Å². The molecule has 1 aliphatic rings. The van der Waals surface area contributed by atoms with Crippen molar-refractivity contribution in [2.24, 2.45) is 0 Å². The molecule has 1 saturated carbocycles. The average molecular weight is 274 g/mol. The first-order chi connectivity index (χ1) is 8.09. The largest absolute Gasteiger partial charge is 0.240 e. The normalized spacial score (nSPS) is 25.7. The van der Waals surface area contributed by atoms with Gasteiger partial charge >= 0.3 is 0 Å². The van der Waals surface area contributed by atoms with E-state index in [9.17, 15) is 8.42 Å². The maximum absolute atomic E-state index is 12.1. The van der Waals surface area contributed by atoms with E-state index in [2.05, 4.69) is 4.72 Å². The van der Waals surface area contributed by atoms with Crippen LogP contribution >= 0.6 is 11.6 Å². The number of hydrogen-bond acceptors (Lipinski definition) is 2. The molecule has 0 unspecified atom stereocenters. The zero-order valence-electron chi connectivity index (χ0n) is 9.47. The number of sulfonamides is 1. The first-order valence-electron chi connectivity index (χ1n) is 5.81. The number of hydrogen-bond donors (Lipinski definition) is 1. The second-order valence-electron chi connectivity index (χ2n) is 4.34. The van der Waals surface area contributed by atoms with Crippen LogP contribution in [0.2, 0.25) is 0 Å². The second-order valence-corrected chi connectivity index (χ2v) is 6.62. The minimum Gasteiger partial charge on any atom is -0.207 e. The Balaban J connectivity index is 2.12. The van der Waals surface area contributed by atoms with E-state index in [1.54, 1.807) is 30.3 Å². The summed E-state index contributed by atoms with van der Waals surface area (Å²) in [6, 6.07) is 8.27. The van der Waals surface area contributed by atoms with Crippen molar-refractivity contribution < 1.29 is 8.42 Å². The van der Waals surface area contributed by atoms with Crippen molar-refractivity contribution in [1.82, 2.24) is 4.72 Å². The molecule has 0 aliphatic heterocycles. The lowest BCUT2D eigenvalue weighted by atomic mass is 9.96. The van der Waals surface area contributed by atoms with Crippen LogP contribution in [0.4, 0.5) is 0 Å². The van der Waals surface area contributed by atoms with Crippen molar-refractivity contribution in [1.29, 1.82) is 0 Å². The number of rotatable bonds is 3. The van der Waals surface area contributed by atoms with Gasteiger partial charge in [-0.2, -0.15) is 0 Å². The summed E-state index contributed by atoms with van der Waals surface area (Å²) in [6.45, 7) is 0. The molecule has 1 aromatic carbocycles. The van der Waals surface area contributed by atoms with Crippen LogP contribution < -0.4 is 4.72 Å². The molecule has 1 N–H and O–H groups in total. The van der Waals surface area contributed by atoms with E-state index in [1.165, 1.54) is 0 Å². The Hall–Kier alpha value is -0.580. The van der Waals surface area contributed by atoms with E-state index in [-0.39, 0.29) is 11.4 Å². The smallest absolute Gasteiger partial charge is 0.207 e. The first-order valence-corrected chi connectivity index (χ1v) is 7.73. The Bertz CT molecular complexity index is 461. The molecule has 2 atom stereocenters. The topological polar surface area (TPSA) is 46.2 Å². The fraction of sp³-hybridized carbons (Fsp3) is 0.500. The molecule has 3 nitrogen and oxygen atoms in total. The van der Waals surface area contributed by atoms with Crippen molar-refractivity contribution in [3.63, 3.8) is 0 Å². The highest BCUT2D eigenvalue weighted by Crippen LogP contribution is 2.24. The Kier molecular flexibility index (Phi) is 4.07. The van der Waals surface area contributed by atoms with E-state index in [0.29, 0.717) is 4.90 Å². The lowest BCUT2D eigenvalue weighted by Gasteiger charge is -2.27. The van der Waals surface area contributed by atoms with Crippen LogP contribution in [0.1, 0.15) is 25.7 Å². The molecule has 0 heterocycles. The first kappa shape index (κ1) is 12.9. The Morgan fingerprint density at radius 2 is 1.76 bits per heavy atom. The van der Waals surface area contributed by atoms with Crippen LogP contribution in [0.15, 0.2) is 35.2 Å². The van der Waals surface area contributed by atoms with Gasteiger partial charge < -0.3 is 0 Å². The molecule has 5 heteroatoms. The van der Waals surface area contributed by atoms with E-state index in [0.717, 1.165) is 25.7 Å². The standard InChI is InChI=1S/C12H16ClNO2S/c13-11-8-4-5-9-12(11)14-17(15,16)10-6-2-1-3-7-10/h1-3,6-7,11-12,14H,4-5,8-9H2/t11-,12-/m1/s1. The van der Waals surface area contributed by atoms with Crippen LogP contribution in [0, 0.1) is 0 Å². The van der Waals surface area contributed by atoms with Crippen molar-refractivity contribution >= 4 is 21.6 Å². The summed E-state index contributed by atoms with van der Waals surface area (Å²) in [5.74, 6) is 0. The summed E-state index contributed by atoms with van der Waals surface area (Å²) in [4.78, 5) is 0.300. The van der Waals surface area contributed by atoms with Gasteiger partial charge in [0.2, 0.25) is 10.0 Å². The van der Waals surface area contributed by atoms with E-state index >= 15 is 0 Å². The average Bonchev–Trinajstić information content (AvgIpc) is 2.33. The van der Waals surface area contributed by atoms with Crippen molar-refractivity contribution in [3.05, 3.63) is 30.3 Å². The lowest BCUT2D eigenvalue weighted by Crippen LogP contribution is -2.42. The monoisotopic (exact) mass is 273 g/mol. The van der Waals surface area contributed by atoms with Gasteiger partial charge in [-0.3, -0.25) is 0 Å². The van der Waals surface area contributed by atoms with E-state index in [4.69, 9.17) is 11.6 Å². The molecule has 1 aromatic rings. The van der Waals surface area contributed by atoms with Crippen LogP contribution in [-0.4, -0.2) is 19.8 Å². The molecule has 0 amide bonds. The second kappa shape index (κ2) is 5.38. The molecule has 1 fully saturated rings. The number of alkyl halides is 1. The summed E-state index contributed by atoms with van der Waals surface area (Å²) in [7, 11) is -3.43. The van der Waals surface area contributed by atoms with Crippen molar-refractivity contribution in [3.8, 4) is 0 Å². The molecule has 0 radical (unpaired) electrons. The minimum absolute atomic E-state index is 0.0952. The molecular weight excluding hydrogens is 258 g/mol. The molecule has 0 aromatic heterocycles. The SMILES string of the molecule is O=S(=O)(N[C@@H]1CCCC[C@H]1Cl)c1ccccc1. The Labute approximate surface area is 107 Å². The fourth-order valence-electron chi connectivity index (χ4n) is 2.09. The van der Waals surface area contributed by atoms with Gasteiger partial charge in [0.1, 0.15) is 0 Å².